The standard InChI is InChI=1S/C11H14N4O2S/c1-3-17-11(16)8-10(18-6-14-8)15-7(2)9-12-4-5-13-9/h4-7,15H,3H2,1-2H3,(H,12,13). The van der Waals surface area contributed by atoms with Gasteiger partial charge in [-0.15, -0.1) is 11.3 Å². The molecule has 18 heavy (non-hydrogen) atoms. The summed E-state index contributed by atoms with van der Waals surface area (Å²) in [7, 11) is 0. The lowest BCUT2D eigenvalue weighted by atomic mass is 10.3. The van der Waals surface area contributed by atoms with Crippen LogP contribution in [0.4, 0.5) is 5.00 Å². The van der Waals surface area contributed by atoms with Crippen molar-refractivity contribution in [2.24, 2.45) is 0 Å². The zero-order valence-corrected chi connectivity index (χ0v) is 11.0. The van der Waals surface area contributed by atoms with E-state index in [4.69, 9.17) is 4.74 Å². The van der Waals surface area contributed by atoms with Crippen molar-refractivity contribution < 1.29 is 9.53 Å². The van der Waals surface area contributed by atoms with Crippen molar-refractivity contribution in [2.75, 3.05) is 11.9 Å². The maximum absolute atomic E-state index is 11.7. The van der Waals surface area contributed by atoms with Crippen LogP contribution in [-0.4, -0.2) is 27.5 Å². The Morgan fingerprint density at radius 2 is 2.44 bits per heavy atom. The van der Waals surface area contributed by atoms with Crippen LogP contribution in [0.25, 0.3) is 0 Å². The van der Waals surface area contributed by atoms with Gasteiger partial charge in [0.25, 0.3) is 0 Å². The van der Waals surface area contributed by atoms with E-state index in [9.17, 15) is 4.79 Å². The molecular weight excluding hydrogens is 252 g/mol. The van der Waals surface area contributed by atoms with Crippen LogP contribution in [0.2, 0.25) is 0 Å². The number of imidazole rings is 1. The average molecular weight is 266 g/mol. The molecule has 0 radical (unpaired) electrons. The smallest absolute Gasteiger partial charge is 0.360 e. The first-order chi connectivity index (χ1) is 8.72. The molecule has 1 atom stereocenters. The van der Waals surface area contributed by atoms with Crippen LogP contribution in [0.3, 0.4) is 0 Å². The van der Waals surface area contributed by atoms with Crippen LogP contribution >= 0.6 is 11.3 Å². The Morgan fingerprint density at radius 1 is 1.61 bits per heavy atom. The number of esters is 1. The zero-order chi connectivity index (χ0) is 13.0. The van der Waals surface area contributed by atoms with E-state index in [1.54, 1.807) is 24.8 Å². The fourth-order valence-corrected chi connectivity index (χ4v) is 2.23. The number of hydrogen-bond acceptors (Lipinski definition) is 6. The van der Waals surface area contributed by atoms with Gasteiger partial charge in [-0.25, -0.2) is 14.8 Å². The molecule has 0 fully saturated rings. The number of thiazole rings is 1. The molecule has 0 aliphatic heterocycles. The molecule has 1 unspecified atom stereocenters. The fourth-order valence-electron chi connectivity index (χ4n) is 1.47. The number of carbonyl (C=O) groups excluding carboxylic acids is 1. The first-order valence-corrected chi connectivity index (χ1v) is 6.46. The van der Waals surface area contributed by atoms with Gasteiger partial charge < -0.3 is 15.0 Å². The van der Waals surface area contributed by atoms with E-state index in [-0.39, 0.29) is 6.04 Å². The molecule has 0 aliphatic carbocycles. The fraction of sp³-hybridized carbons (Fsp3) is 0.364. The van der Waals surface area contributed by atoms with Gasteiger partial charge in [0.1, 0.15) is 10.8 Å². The first kappa shape index (κ1) is 12.6. The molecule has 2 N–H and O–H groups in total. The Balaban J connectivity index is 2.10. The van der Waals surface area contributed by atoms with Gasteiger partial charge in [-0.3, -0.25) is 0 Å². The summed E-state index contributed by atoms with van der Waals surface area (Å²) in [6.45, 7) is 4.06. The number of ether oxygens (including phenoxy) is 1. The summed E-state index contributed by atoms with van der Waals surface area (Å²) < 4.78 is 4.94. The Morgan fingerprint density at radius 3 is 3.11 bits per heavy atom. The molecule has 7 heteroatoms. The summed E-state index contributed by atoms with van der Waals surface area (Å²) in [4.78, 5) is 22.8. The molecular formula is C11H14N4O2S. The van der Waals surface area contributed by atoms with Crippen molar-refractivity contribution in [3.63, 3.8) is 0 Å². The zero-order valence-electron chi connectivity index (χ0n) is 10.1. The molecule has 2 rings (SSSR count). The third-order valence-electron chi connectivity index (χ3n) is 2.31. The van der Waals surface area contributed by atoms with Crippen LogP contribution in [0.15, 0.2) is 17.9 Å². The number of H-pyrrole nitrogens is 1. The summed E-state index contributed by atoms with van der Waals surface area (Å²) in [6.07, 6.45) is 3.44. The van der Waals surface area contributed by atoms with Gasteiger partial charge in [0.15, 0.2) is 5.69 Å². The van der Waals surface area contributed by atoms with Gasteiger partial charge >= 0.3 is 5.97 Å². The number of rotatable bonds is 5. The van der Waals surface area contributed by atoms with Crippen LogP contribution in [0.1, 0.15) is 36.2 Å². The summed E-state index contributed by atoms with van der Waals surface area (Å²) in [5.41, 5.74) is 1.93. The molecule has 6 nitrogen and oxygen atoms in total. The Bertz CT molecular complexity index is 509. The van der Waals surface area contributed by atoms with Gasteiger partial charge in [0.05, 0.1) is 18.2 Å². The number of aromatic nitrogens is 3. The molecule has 0 saturated carbocycles. The average Bonchev–Trinajstić information content (AvgIpc) is 2.99. The minimum absolute atomic E-state index is 0.0337. The Kier molecular flexibility index (Phi) is 3.93. The monoisotopic (exact) mass is 266 g/mol. The number of nitrogens with zero attached hydrogens (tertiary/aromatic N) is 2. The molecule has 0 saturated heterocycles. The minimum Gasteiger partial charge on any atom is -0.461 e. The minimum atomic E-state index is -0.409. The van der Waals surface area contributed by atoms with Gasteiger partial charge in [0, 0.05) is 12.4 Å². The molecule has 0 amide bonds. The second-order valence-electron chi connectivity index (χ2n) is 3.59. The molecule has 0 aromatic carbocycles. The van der Waals surface area contributed by atoms with Crippen molar-refractivity contribution >= 4 is 22.3 Å². The van der Waals surface area contributed by atoms with E-state index in [0.717, 1.165) is 5.82 Å². The van der Waals surface area contributed by atoms with Gasteiger partial charge in [-0.1, -0.05) is 0 Å². The van der Waals surface area contributed by atoms with Crippen LogP contribution in [0.5, 0.6) is 0 Å². The predicted octanol–water partition coefficient (Wildman–Crippen LogP) is 2.22. The third kappa shape index (κ3) is 2.67. The Labute approximate surface area is 108 Å². The van der Waals surface area contributed by atoms with Gasteiger partial charge in [0.2, 0.25) is 0 Å². The predicted molar refractivity (Wildman–Crippen MR) is 68.7 cm³/mol. The van der Waals surface area contributed by atoms with E-state index in [0.29, 0.717) is 17.3 Å². The van der Waals surface area contributed by atoms with E-state index < -0.39 is 5.97 Å². The lowest BCUT2D eigenvalue weighted by molar-refractivity contribution is 0.0521. The molecule has 2 aromatic heterocycles. The third-order valence-corrected chi connectivity index (χ3v) is 3.07. The van der Waals surface area contributed by atoms with Crippen molar-refractivity contribution in [1.29, 1.82) is 0 Å². The number of anilines is 1. The molecule has 0 bridgehead atoms. The summed E-state index contributed by atoms with van der Waals surface area (Å²) in [5, 5.41) is 3.89. The topological polar surface area (TPSA) is 79.9 Å². The molecule has 2 heterocycles. The van der Waals surface area contributed by atoms with Crippen molar-refractivity contribution in [3.05, 3.63) is 29.4 Å². The SMILES string of the molecule is CCOC(=O)c1ncsc1NC(C)c1ncc[nH]1. The lowest BCUT2D eigenvalue weighted by Gasteiger charge is -2.11. The maximum atomic E-state index is 11.7. The van der Waals surface area contributed by atoms with Crippen molar-refractivity contribution in [3.8, 4) is 0 Å². The Hall–Kier alpha value is -1.89. The van der Waals surface area contributed by atoms with Crippen LogP contribution in [-0.2, 0) is 4.74 Å². The molecule has 0 aliphatic rings. The highest BCUT2D eigenvalue weighted by molar-refractivity contribution is 7.14. The molecule has 0 spiro atoms. The van der Waals surface area contributed by atoms with Crippen LogP contribution in [0, 0.1) is 0 Å². The normalized spacial score (nSPS) is 12.1. The number of carbonyl (C=O) groups is 1. The first-order valence-electron chi connectivity index (χ1n) is 5.58. The molecule has 96 valence electrons. The highest BCUT2D eigenvalue weighted by Crippen LogP contribution is 2.25. The summed E-state index contributed by atoms with van der Waals surface area (Å²) in [5.74, 6) is 0.395. The quantitative estimate of drug-likeness (QED) is 0.811. The lowest BCUT2D eigenvalue weighted by Crippen LogP contribution is -2.12. The number of hydrogen-bond donors (Lipinski definition) is 2. The van der Waals surface area contributed by atoms with Crippen LogP contribution < -0.4 is 5.32 Å². The summed E-state index contributed by atoms with van der Waals surface area (Å²) >= 11 is 1.36. The van der Waals surface area contributed by atoms with E-state index in [1.165, 1.54) is 11.3 Å². The van der Waals surface area contributed by atoms with E-state index >= 15 is 0 Å². The second-order valence-corrected chi connectivity index (χ2v) is 4.45. The highest BCUT2D eigenvalue weighted by Gasteiger charge is 2.18. The van der Waals surface area contributed by atoms with Crippen molar-refractivity contribution in [1.82, 2.24) is 15.0 Å². The highest BCUT2D eigenvalue weighted by atomic mass is 32.1. The second kappa shape index (κ2) is 5.63. The molecule has 2 aromatic rings. The van der Waals surface area contributed by atoms with E-state index in [1.807, 2.05) is 6.92 Å². The van der Waals surface area contributed by atoms with Crippen molar-refractivity contribution in [2.45, 2.75) is 19.9 Å². The number of aromatic amines is 1. The largest absolute Gasteiger partial charge is 0.461 e. The number of nitrogens with one attached hydrogen (secondary N) is 2. The maximum Gasteiger partial charge on any atom is 0.360 e. The summed E-state index contributed by atoms with van der Waals surface area (Å²) in [6, 6.07) is -0.0337. The van der Waals surface area contributed by atoms with Gasteiger partial charge in [-0.05, 0) is 13.8 Å². The van der Waals surface area contributed by atoms with Gasteiger partial charge in [-0.2, -0.15) is 0 Å². The van der Waals surface area contributed by atoms with E-state index in [2.05, 4.69) is 20.3 Å².